The molecule has 1 aliphatic heterocycles. The van der Waals surface area contributed by atoms with E-state index in [4.69, 9.17) is 0 Å². The number of nitrogens with one attached hydrogen (secondary N) is 1. The SMILES string of the molecule is Fc1ccc(N2CCCC(NC3CCCC3)C2)cc1. The fourth-order valence-corrected chi connectivity index (χ4v) is 3.43. The topological polar surface area (TPSA) is 15.3 Å². The highest BCUT2D eigenvalue weighted by molar-refractivity contribution is 5.46. The van der Waals surface area contributed by atoms with Crippen LogP contribution < -0.4 is 10.2 Å². The van der Waals surface area contributed by atoms with E-state index in [0.29, 0.717) is 6.04 Å². The van der Waals surface area contributed by atoms with Crippen molar-refractivity contribution in [2.24, 2.45) is 0 Å². The summed E-state index contributed by atoms with van der Waals surface area (Å²) in [6.07, 6.45) is 7.94. The second-order valence-corrected chi connectivity index (χ2v) is 5.91. The Labute approximate surface area is 115 Å². The molecule has 1 aliphatic carbocycles. The smallest absolute Gasteiger partial charge is 0.123 e. The van der Waals surface area contributed by atoms with Gasteiger partial charge >= 0.3 is 0 Å². The number of halogens is 1. The van der Waals surface area contributed by atoms with E-state index in [1.54, 1.807) is 12.1 Å². The second kappa shape index (κ2) is 5.91. The van der Waals surface area contributed by atoms with Crippen molar-refractivity contribution in [2.75, 3.05) is 18.0 Å². The first-order valence-electron chi connectivity index (χ1n) is 7.58. The van der Waals surface area contributed by atoms with Crippen LogP contribution >= 0.6 is 0 Å². The molecule has 2 aliphatic rings. The van der Waals surface area contributed by atoms with Crippen molar-refractivity contribution in [1.29, 1.82) is 0 Å². The van der Waals surface area contributed by atoms with Gasteiger partial charge in [0.1, 0.15) is 5.82 Å². The summed E-state index contributed by atoms with van der Waals surface area (Å²) < 4.78 is 13.0. The standard InChI is InChI=1S/C16H23FN2/c17-13-7-9-16(10-8-13)19-11-3-6-15(12-19)18-14-4-1-2-5-14/h7-10,14-15,18H,1-6,11-12H2. The molecule has 3 rings (SSSR count). The fraction of sp³-hybridized carbons (Fsp3) is 0.625. The molecule has 1 saturated carbocycles. The molecular formula is C16H23FN2. The molecule has 0 amide bonds. The predicted molar refractivity (Wildman–Crippen MR) is 77.0 cm³/mol. The number of hydrogen-bond acceptors (Lipinski definition) is 2. The van der Waals surface area contributed by atoms with Gasteiger partial charge in [0.2, 0.25) is 0 Å². The minimum atomic E-state index is -0.151. The van der Waals surface area contributed by atoms with Gasteiger partial charge in [0.25, 0.3) is 0 Å². The van der Waals surface area contributed by atoms with Crippen molar-refractivity contribution in [1.82, 2.24) is 5.32 Å². The summed E-state index contributed by atoms with van der Waals surface area (Å²) in [4.78, 5) is 2.38. The van der Waals surface area contributed by atoms with E-state index < -0.39 is 0 Å². The van der Waals surface area contributed by atoms with Gasteiger partial charge in [0.05, 0.1) is 0 Å². The molecule has 0 aromatic heterocycles. The Hall–Kier alpha value is -1.09. The molecule has 1 unspecified atom stereocenters. The molecule has 0 bridgehead atoms. The van der Waals surface area contributed by atoms with E-state index in [1.807, 2.05) is 12.1 Å². The highest BCUT2D eigenvalue weighted by Crippen LogP contribution is 2.23. The highest BCUT2D eigenvalue weighted by Gasteiger charge is 2.24. The normalized spacial score (nSPS) is 24.9. The van der Waals surface area contributed by atoms with Crippen LogP contribution in [0.4, 0.5) is 10.1 Å². The van der Waals surface area contributed by atoms with Gasteiger partial charge in [-0.25, -0.2) is 4.39 Å². The Morgan fingerprint density at radius 2 is 1.63 bits per heavy atom. The Morgan fingerprint density at radius 3 is 2.37 bits per heavy atom. The van der Waals surface area contributed by atoms with E-state index >= 15 is 0 Å². The molecule has 104 valence electrons. The maximum absolute atomic E-state index is 13.0. The Balaban J connectivity index is 1.59. The van der Waals surface area contributed by atoms with Crippen LogP contribution in [0.2, 0.25) is 0 Å². The summed E-state index contributed by atoms with van der Waals surface area (Å²) in [5.41, 5.74) is 1.15. The number of rotatable bonds is 3. The van der Waals surface area contributed by atoms with E-state index in [2.05, 4.69) is 10.2 Å². The minimum Gasteiger partial charge on any atom is -0.370 e. The Morgan fingerprint density at radius 1 is 0.947 bits per heavy atom. The molecule has 19 heavy (non-hydrogen) atoms. The van der Waals surface area contributed by atoms with Crippen LogP contribution in [0, 0.1) is 5.82 Å². The molecule has 0 radical (unpaired) electrons. The lowest BCUT2D eigenvalue weighted by atomic mass is 10.0. The van der Waals surface area contributed by atoms with Gasteiger partial charge < -0.3 is 10.2 Å². The van der Waals surface area contributed by atoms with Gasteiger partial charge in [-0.15, -0.1) is 0 Å². The number of hydrogen-bond donors (Lipinski definition) is 1. The number of anilines is 1. The minimum absolute atomic E-state index is 0.151. The number of nitrogens with zero attached hydrogens (tertiary/aromatic N) is 1. The highest BCUT2D eigenvalue weighted by atomic mass is 19.1. The van der Waals surface area contributed by atoms with Crippen LogP contribution in [0.3, 0.4) is 0 Å². The van der Waals surface area contributed by atoms with Crippen molar-refractivity contribution in [3.63, 3.8) is 0 Å². The fourth-order valence-electron chi connectivity index (χ4n) is 3.43. The molecule has 0 spiro atoms. The first-order valence-corrected chi connectivity index (χ1v) is 7.58. The summed E-state index contributed by atoms with van der Waals surface area (Å²) in [5, 5.41) is 3.81. The van der Waals surface area contributed by atoms with E-state index in [9.17, 15) is 4.39 Å². The maximum atomic E-state index is 13.0. The van der Waals surface area contributed by atoms with Crippen LogP contribution in [0.15, 0.2) is 24.3 Å². The predicted octanol–water partition coefficient (Wildman–Crippen LogP) is 3.33. The maximum Gasteiger partial charge on any atom is 0.123 e. The largest absolute Gasteiger partial charge is 0.370 e. The van der Waals surface area contributed by atoms with Gasteiger partial charge in [-0.05, 0) is 49.9 Å². The van der Waals surface area contributed by atoms with Gasteiger partial charge in [-0.1, -0.05) is 12.8 Å². The van der Waals surface area contributed by atoms with Gasteiger partial charge in [-0.3, -0.25) is 0 Å². The van der Waals surface area contributed by atoms with Crippen LogP contribution in [0.25, 0.3) is 0 Å². The molecule has 1 atom stereocenters. The molecule has 2 fully saturated rings. The van der Waals surface area contributed by atoms with Gasteiger partial charge in [0.15, 0.2) is 0 Å². The molecule has 1 N–H and O–H groups in total. The zero-order chi connectivity index (χ0) is 13.1. The summed E-state index contributed by atoms with van der Waals surface area (Å²) >= 11 is 0. The van der Waals surface area contributed by atoms with Crippen molar-refractivity contribution >= 4 is 5.69 Å². The van der Waals surface area contributed by atoms with Crippen LogP contribution in [-0.2, 0) is 0 Å². The molecule has 1 aromatic carbocycles. The lowest BCUT2D eigenvalue weighted by Gasteiger charge is -2.36. The Kier molecular flexibility index (Phi) is 4.02. The van der Waals surface area contributed by atoms with Crippen LogP contribution in [0.1, 0.15) is 38.5 Å². The molecular weight excluding hydrogens is 239 g/mol. The molecule has 2 nitrogen and oxygen atoms in total. The van der Waals surface area contributed by atoms with Crippen molar-refractivity contribution in [3.8, 4) is 0 Å². The van der Waals surface area contributed by atoms with Crippen molar-refractivity contribution in [3.05, 3.63) is 30.1 Å². The average Bonchev–Trinajstić information content (AvgIpc) is 2.93. The third kappa shape index (κ3) is 3.27. The summed E-state index contributed by atoms with van der Waals surface area (Å²) in [6, 6.07) is 8.24. The number of piperidine rings is 1. The van der Waals surface area contributed by atoms with Gasteiger partial charge in [-0.2, -0.15) is 0 Å². The zero-order valence-corrected chi connectivity index (χ0v) is 11.4. The average molecular weight is 262 g/mol. The number of benzene rings is 1. The molecule has 3 heteroatoms. The lowest BCUT2D eigenvalue weighted by molar-refractivity contribution is 0.375. The second-order valence-electron chi connectivity index (χ2n) is 5.91. The summed E-state index contributed by atoms with van der Waals surface area (Å²) in [5.74, 6) is -0.151. The lowest BCUT2D eigenvalue weighted by Crippen LogP contribution is -2.48. The first kappa shape index (κ1) is 12.9. The van der Waals surface area contributed by atoms with Crippen LogP contribution in [-0.4, -0.2) is 25.2 Å². The van der Waals surface area contributed by atoms with Crippen molar-refractivity contribution in [2.45, 2.75) is 50.6 Å². The Bertz CT molecular complexity index is 398. The molecule has 1 aromatic rings. The van der Waals surface area contributed by atoms with E-state index in [1.165, 1.54) is 38.5 Å². The zero-order valence-electron chi connectivity index (χ0n) is 11.4. The first-order chi connectivity index (χ1) is 9.31. The summed E-state index contributed by atoms with van der Waals surface area (Å²) in [7, 11) is 0. The monoisotopic (exact) mass is 262 g/mol. The van der Waals surface area contributed by atoms with Crippen LogP contribution in [0.5, 0.6) is 0 Å². The van der Waals surface area contributed by atoms with Crippen molar-refractivity contribution < 1.29 is 4.39 Å². The van der Waals surface area contributed by atoms with E-state index in [0.717, 1.165) is 24.8 Å². The third-order valence-electron chi connectivity index (χ3n) is 4.44. The summed E-state index contributed by atoms with van der Waals surface area (Å²) in [6.45, 7) is 2.15. The molecule has 1 saturated heterocycles. The van der Waals surface area contributed by atoms with E-state index in [-0.39, 0.29) is 5.82 Å². The quantitative estimate of drug-likeness (QED) is 0.899. The van der Waals surface area contributed by atoms with Gasteiger partial charge in [0, 0.05) is 30.9 Å². The molecule has 1 heterocycles. The third-order valence-corrected chi connectivity index (χ3v) is 4.44.